The maximum Gasteiger partial charge on any atom is 0.145 e. The Bertz CT molecular complexity index is 3860. The van der Waals surface area contributed by atoms with Crippen LogP contribution in [0.25, 0.3) is 126 Å². The van der Waals surface area contributed by atoms with Crippen molar-refractivity contribution in [1.82, 2.24) is 9.55 Å². The van der Waals surface area contributed by atoms with E-state index in [1.807, 2.05) is 0 Å². The Kier molecular flexibility index (Phi) is 7.34. The summed E-state index contributed by atoms with van der Waals surface area (Å²) in [5, 5.41) is 17.6. The van der Waals surface area contributed by atoms with Crippen molar-refractivity contribution in [2.24, 2.45) is 0 Å². The lowest BCUT2D eigenvalue weighted by atomic mass is 9.86. The van der Waals surface area contributed by atoms with E-state index in [0.29, 0.717) is 0 Å². The lowest BCUT2D eigenvalue weighted by Gasteiger charge is -2.20. The third-order valence-corrected chi connectivity index (χ3v) is 12.9. The molecule has 0 fully saturated rings. The Morgan fingerprint density at radius 2 is 0.787 bits per heavy atom. The predicted octanol–water partition coefficient (Wildman–Crippen LogP) is 16.1. The minimum atomic E-state index is 0.936. The smallest absolute Gasteiger partial charge is 0.145 e. The number of hydrogen-bond donors (Lipinski definition) is 0. The van der Waals surface area contributed by atoms with Gasteiger partial charge in [0.05, 0.1) is 16.7 Å². The van der Waals surface area contributed by atoms with Crippen LogP contribution in [0.2, 0.25) is 0 Å². The zero-order chi connectivity index (χ0) is 40.0. The highest BCUT2D eigenvalue weighted by molar-refractivity contribution is 6.34. The summed E-state index contributed by atoms with van der Waals surface area (Å²) in [6.07, 6.45) is 0. The molecule has 0 aliphatic carbocycles. The summed E-state index contributed by atoms with van der Waals surface area (Å²) in [7, 11) is 0. The van der Waals surface area contributed by atoms with Gasteiger partial charge in [-0.15, -0.1) is 0 Å². The fourth-order valence-corrected chi connectivity index (χ4v) is 10.3. The Balaban J connectivity index is 1.05. The van der Waals surface area contributed by atoms with Crippen molar-refractivity contribution < 1.29 is 0 Å². The normalized spacial score (nSPS) is 11.9. The summed E-state index contributed by atoms with van der Waals surface area (Å²) in [5.74, 6) is 0.936. The summed E-state index contributed by atoms with van der Waals surface area (Å²) in [6, 6.07) is 80.0. The second-order valence-corrected chi connectivity index (χ2v) is 16.2. The fraction of sp³-hybridized carbons (Fsp3) is 0. The number of hydrogen-bond acceptors (Lipinski definition) is 1. The van der Waals surface area contributed by atoms with Gasteiger partial charge in [0, 0.05) is 16.3 Å². The summed E-state index contributed by atoms with van der Waals surface area (Å²) < 4.78 is 2.38. The summed E-state index contributed by atoms with van der Waals surface area (Å²) in [4.78, 5) is 5.24. The number of imidazole rings is 1. The summed E-state index contributed by atoms with van der Waals surface area (Å²) in [5.41, 5.74) is 9.16. The zero-order valence-electron chi connectivity index (χ0n) is 33.2. The van der Waals surface area contributed by atoms with Crippen molar-refractivity contribution in [2.45, 2.75) is 0 Å². The molecule has 0 saturated carbocycles. The van der Waals surface area contributed by atoms with Crippen molar-refractivity contribution in [3.63, 3.8) is 0 Å². The van der Waals surface area contributed by atoms with Gasteiger partial charge in [-0.1, -0.05) is 200 Å². The molecule has 0 atom stereocenters. The monoisotopic (exact) mass is 772 g/mol. The molecule has 0 bridgehead atoms. The third-order valence-electron chi connectivity index (χ3n) is 12.9. The molecule has 0 saturated heterocycles. The number of fused-ring (bicyclic) bond motifs is 8. The van der Waals surface area contributed by atoms with Crippen LogP contribution >= 0.6 is 0 Å². The van der Waals surface area contributed by atoms with Gasteiger partial charge in [0.1, 0.15) is 5.82 Å². The maximum atomic E-state index is 5.24. The molecule has 0 N–H and O–H groups in total. The van der Waals surface area contributed by atoms with E-state index < -0.39 is 0 Å². The topological polar surface area (TPSA) is 17.8 Å². The van der Waals surface area contributed by atoms with E-state index in [-0.39, 0.29) is 0 Å². The Labute approximate surface area is 352 Å². The van der Waals surface area contributed by atoms with Crippen molar-refractivity contribution in [3.05, 3.63) is 218 Å². The molecule has 2 nitrogen and oxygen atoms in total. The number of benzene rings is 11. The van der Waals surface area contributed by atoms with Crippen LogP contribution in [0.15, 0.2) is 218 Å². The second-order valence-electron chi connectivity index (χ2n) is 16.2. The first kappa shape index (κ1) is 33.9. The first-order chi connectivity index (χ1) is 30.3. The van der Waals surface area contributed by atoms with Gasteiger partial charge >= 0.3 is 0 Å². The average molecular weight is 773 g/mol. The lowest BCUT2D eigenvalue weighted by Crippen LogP contribution is -2.01. The molecule has 13 rings (SSSR count). The number of para-hydroxylation sites is 2. The molecular formula is C59H36N2. The van der Waals surface area contributed by atoms with E-state index >= 15 is 0 Å². The summed E-state index contributed by atoms with van der Waals surface area (Å²) >= 11 is 0. The van der Waals surface area contributed by atoms with E-state index in [4.69, 9.17) is 4.98 Å². The van der Waals surface area contributed by atoms with Gasteiger partial charge in [0.15, 0.2) is 0 Å². The van der Waals surface area contributed by atoms with Gasteiger partial charge in [-0.25, -0.2) is 4.98 Å². The minimum absolute atomic E-state index is 0.936. The van der Waals surface area contributed by atoms with Gasteiger partial charge < -0.3 is 0 Å². The van der Waals surface area contributed by atoms with Crippen LogP contribution in [0.1, 0.15) is 0 Å². The largest absolute Gasteiger partial charge is 0.291 e. The zero-order valence-corrected chi connectivity index (χ0v) is 33.2. The van der Waals surface area contributed by atoms with E-state index in [1.54, 1.807) is 0 Å². The molecule has 1 heterocycles. The first-order valence-corrected chi connectivity index (χ1v) is 21.1. The van der Waals surface area contributed by atoms with Gasteiger partial charge in [0.25, 0.3) is 0 Å². The van der Waals surface area contributed by atoms with E-state index in [1.165, 1.54) is 97.7 Å². The van der Waals surface area contributed by atoms with Crippen LogP contribution in [-0.4, -0.2) is 9.55 Å². The van der Waals surface area contributed by atoms with Crippen molar-refractivity contribution in [1.29, 1.82) is 0 Å². The molecule has 13 aromatic rings. The Morgan fingerprint density at radius 1 is 0.311 bits per heavy atom. The fourth-order valence-electron chi connectivity index (χ4n) is 10.3. The lowest BCUT2D eigenvalue weighted by molar-refractivity contribution is 1.13. The number of aromatic nitrogens is 2. The maximum absolute atomic E-state index is 5.24. The minimum Gasteiger partial charge on any atom is -0.291 e. The SMILES string of the molecule is c1ccc(-c2nc3ccccc3n2-c2c3ccccc3c(-c3ccc(-c4cc5cccc6c7ccccc7c7ccccc7c7cccc4c7c56)cc3)c3ccccc23)cc1. The van der Waals surface area contributed by atoms with E-state index in [9.17, 15) is 0 Å². The Morgan fingerprint density at radius 3 is 1.44 bits per heavy atom. The van der Waals surface area contributed by atoms with Crippen LogP contribution in [0.4, 0.5) is 0 Å². The van der Waals surface area contributed by atoms with Crippen LogP contribution in [0.5, 0.6) is 0 Å². The predicted molar refractivity (Wildman–Crippen MR) is 260 cm³/mol. The van der Waals surface area contributed by atoms with Crippen molar-refractivity contribution in [2.75, 3.05) is 0 Å². The molecule has 0 radical (unpaired) electrons. The van der Waals surface area contributed by atoms with Gasteiger partial charge in [-0.05, 0) is 105 Å². The van der Waals surface area contributed by atoms with Crippen LogP contribution in [0.3, 0.4) is 0 Å². The Hall–Kier alpha value is -8.07. The molecule has 0 spiro atoms. The third kappa shape index (κ3) is 5.00. The van der Waals surface area contributed by atoms with Crippen molar-refractivity contribution >= 4 is 86.4 Å². The van der Waals surface area contributed by atoms with Gasteiger partial charge in [0.2, 0.25) is 0 Å². The molecule has 2 heteroatoms. The number of rotatable bonds is 4. The van der Waals surface area contributed by atoms with Gasteiger partial charge in [-0.2, -0.15) is 0 Å². The molecule has 1 aromatic heterocycles. The highest BCUT2D eigenvalue weighted by atomic mass is 15.1. The highest BCUT2D eigenvalue weighted by Gasteiger charge is 2.22. The van der Waals surface area contributed by atoms with Crippen LogP contribution < -0.4 is 0 Å². The molecule has 0 aliphatic rings. The molecule has 12 aromatic carbocycles. The highest BCUT2D eigenvalue weighted by Crippen LogP contribution is 2.46. The second kappa shape index (κ2) is 13.2. The average Bonchev–Trinajstić information content (AvgIpc) is 3.71. The molecule has 282 valence electrons. The van der Waals surface area contributed by atoms with Crippen LogP contribution in [-0.2, 0) is 0 Å². The van der Waals surface area contributed by atoms with Crippen LogP contribution in [0, 0.1) is 0 Å². The number of nitrogens with zero attached hydrogens (tertiary/aromatic N) is 2. The van der Waals surface area contributed by atoms with Gasteiger partial charge in [-0.3, -0.25) is 4.57 Å². The standard InChI is InChI=1S/C59H36N2/c1-2-16-39(17-3-1)59-60-53-30-12-13-31-54(53)61(59)58-50-25-10-8-23-47(50)55(48-24-9-11-26-51(48)58)38-34-32-37(33-35-38)52-36-40-18-14-27-45-43-21-6-4-19-41(43)42-20-5-7-22-44(42)46-28-15-29-49(52)57(46)56(40)45/h1-36H. The molecule has 61 heavy (non-hydrogen) atoms. The molecule has 0 amide bonds. The van der Waals surface area contributed by atoms with Crippen molar-refractivity contribution in [3.8, 4) is 39.3 Å². The quantitative estimate of drug-likeness (QED) is 0.129. The molecule has 0 unspecified atom stereocenters. The summed E-state index contributed by atoms with van der Waals surface area (Å²) in [6.45, 7) is 0. The molecule has 0 aliphatic heterocycles. The van der Waals surface area contributed by atoms with E-state index in [0.717, 1.165) is 28.1 Å². The first-order valence-electron chi connectivity index (χ1n) is 21.1. The van der Waals surface area contributed by atoms with E-state index in [2.05, 4.69) is 223 Å². The molecular weight excluding hydrogens is 737 g/mol.